The van der Waals surface area contributed by atoms with Gasteiger partial charge in [0, 0.05) is 27.8 Å². The molecule has 0 atom stereocenters. The number of benzene rings is 1. The van der Waals surface area contributed by atoms with Crippen molar-refractivity contribution in [2.24, 2.45) is 0 Å². The van der Waals surface area contributed by atoms with Crippen LogP contribution in [0.1, 0.15) is 5.56 Å². The summed E-state index contributed by atoms with van der Waals surface area (Å²) in [6.45, 7) is 1.02. The van der Waals surface area contributed by atoms with Crippen molar-refractivity contribution in [2.45, 2.75) is 6.42 Å². The van der Waals surface area contributed by atoms with E-state index in [1.165, 1.54) is 5.56 Å². The average molecular weight is 320 g/mol. The number of hydrogen-bond acceptors (Lipinski definition) is 3. The predicted molar refractivity (Wildman–Crippen MR) is 78.8 cm³/mol. The van der Waals surface area contributed by atoms with Crippen LogP contribution < -0.4 is 12.4 Å². The van der Waals surface area contributed by atoms with Gasteiger partial charge in [-0.3, -0.25) is 0 Å². The Kier molecular flexibility index (Phi) is 8.58. The molecule has 0 aromatic heterocycles. The molecule has 0 amide bonds. The van der Waals surface area contributed by atoms with E-state index in [0.717, 1.165) is 23.6 Å². The van der Waals surface area contributed by atoms with Gasteiger partial charge >= 0.3 is 8.80 Å². The number of halogens is 1. The molecule has 20 heavy (non-hydrogen) atoms. The first-order valence-corrected chi connectivity index (χ1v) is 8.41. The van der Waals surface area contributed by atoms with Crippen molar-refractivity contribution in [3.63, 3.8) is 0 Å². The Balaban J connectivity index is 0.00000361. The molecule has 0 radical (unpaired) electrons. The lowest BCUT2D eigenvalue weighted by Gasteiger charge is -2.35. The van der Waals surface area contributed by atoms with E-state index in [2.05, 4.69) is 38.4 Å². The van der Waals surface area contributed by atoms with Crippen LogP contribution in [0.4, 0.5) is 0 Å². The second kappa shape index (κ2) is 8.77. The lowest BCUT2D eigenvalue weighted by molar-refractivity contribution is -0.882. The van der Waals surface area contributed by atoms with Gasteiger partial charge < -0.3 is 30.2 Å². The van der Waals surface area contributed by atoms with Crippen LogP contribution in [-0.4, -0.2) is 61.4 Å². The lowest BCUT2D eigenvalue weighted by atomic mass is 10.1. The standard InChI is InChI=1S/C14H26NO3Si.ClH/c1-15(2,13-19(16-3,17-4)18-5)12-11-14-9-7-6-8-10-14;/h6-10H,11-13H2,1-5H3;1H/q+1;/p-1. The summed E-state index contributed by atoms with van der Waals surface area (Å²) in [5, 5.41) is 0. The molecule has 0 fully saturated rings. The molecule has 0 saturated heterocycles. The average Bonchev–Trinajstić information content (AvgIpc) is 2.44. The Morgan fingerprint density at radius 3 is 1.90 bits per heavy atom. The first-order chi connectivity index (χ1) is 8.97. The maximum atomic E-state index is 5.50. The Labute approximate surface area is 130 Å². The van der Waals surface area contributed by atoms with Crippen LogP contribution in [0, 0.1) is 0 Å². The predicted octanol–water partition coefficient (Wildman–Crippen LogP) is -1.27. The zero-order chi connectivity index (χ0) is 14.4. The Morgan fingerprint density at radius 1 is 0.950 bits per heavy atom. The zero-order valence-electron chi connectivity index (χ0n) is 13.1. The SMILES string of the molecule is CO[Si](C[N+](C)(C)CCc1ccccc1)(OC)OC.[Cl-]. The molecule has 6 heteroatoms. The van der Waals surface area contributed by atoms with Gasteiger partial charge in [-0.1, -0.05) is 30.3 Å². The van der Waals surface area contributed by atoms with Crippen molar-refractivity contribution in [3.05, 3.63) is 35.9 Å². The van der Waals surface area contributed by atoms with Crippen LogP contribution in [0.25, 0.3) is 0 Å². The third kappa shape index (κ3) is 5.91. The van der Waals surface area contributed by atoms with E-state index in [-0.39, 0.29) is 12.4 Å². The molecular formula is C14H26ClNO3Si. The maximum absolute atomic E-state index is 5.50. The van der Waals surface area contributed by atoms with Crippen LogP contribution >= 0.6 is 0 Å². The highest BCUT2D eigenvalue weighted by Gasteiger charge is 2.45. The molecule has 0 aliphatic heterocycles. The first-order valence-electron chi connectivity index (χ1n) is 6.48. The Hall–Kier alpha value is -0.433. The molecule has 0 heterocycles. The highest BCUT2D eigenvalue weighted by atomic mass is 35.5. The van der Waals surface area contributed by atoms with E-state index in [0.29, 0.717) is 0 Å². The fourth-order valence-electron chi connectivity index (χ4n) is 2.12. The number of rotatable bonds is 8. The number of likely N-dealkylation sites (N-methyl/N-ethyl adjacent to an activating group) is 1. The van der Waals surface area contributed by atoms with Gasteiger partial charge in [0.15, 0.2) is 0 Å². The van der Waals surface area contributed by atoms with Crippen molar-refractivity contribution in [1.82, 2.24) is 0 Å². The van der Waals surface area contributed by atoms with E-state index in [1.807, 2.05) is 6.07 Å². The molecule has 0 unspecified atom stereocenters. The monoisotopic (exact) mass is 319 g/mol. The fraction of sp³-hybridized carbons (Fsp3) is 0.571. The van der Waals surface area contributed by atoms with Gasteiger partial charge in [0.1, 0.15) is 6.17 Å². The molecule has 0 aliphatic carbocycles. The minimum Gasteiger partial charge on any atom is -1.00 e. The largest absolute Gasteiger partial charge is 1.00 e. The van der Waals surface area contributed by atoms with Crippen LogP contribution in [0.15, 0.2) is 30.3 Å². The quantitative estimate of drug-likeness (QED) is 0.442. The second-order valence-corrected chi connectivity index (χ2v) is 8.26. The van der Waals surface area contributed by atoms with Gasteiger partial charge in [0.05, 0.1) is 20.6 Å². The molecule has 0 aliphatic rings. The minimum atomic E-state index is -2.52. The summed E-state index contributed by atoms with van der Waals surface area (Å²) in [5.74, 6) is 0. The summed E-state index contributed by atoms with van der Waals surface area (Å²) >= 11 is 0. The highest BCUT2D eigenvalue weighted by Crippen LogP contribution is 2.13. The van der Waals surface area contributed by atoms with E-state index >= 15 is 0 Å². The molecule has 0 bridgehead atoms. The van der Waals surface area contributed by atoms with E-state index in [4.69, 9.17) is 13.3 Å². The molecule has 1 aromatic carbocycles. The van der Waals surface area contributed by atoms with Crippen LogP contribution in [0.5, 0.6) is 0 Å². The molecule has 1 aromatic rings. The summed E-state index contributed by atoms with van der Waals surface area (Å²) in [6.07, 6.45) is 1.80. The highest BCUT2D eigenvalue weighted by molar-refractivity contribution is 6.60. The maximum Gasteiger partial charge on any atom is 0.558 e. The number of quaternary nitrogens is 1. The van der Waals surface area contributed by atoms with Crippen molar-refractivity contribution in [2.75, 3.05) is 48.1 Å². The minimum absolute atomic E-state index is 0. The molecule has 0 saturated carbocycles. The third-order valence-electron chi connectivity index (χ3n) is 3.40. The Morgan fingerprint density at radius 2 is 1.45 bits per heavy atom. The first kappa shape index (κ1) is 19.6. The van der Waals surface area contributed by atoms with Crippen molar-refractivity contribution in [1.29, 1.82) is 0 Å². The van der Waals surface area contributed by atoms with Gasteiger partial charge in [-0.2, -0.15) is 0 Å². The number of nitrogens with zero attached hydrogens (tertiary/aromatic N) is 1. The molecule has 1 rings (SSSR count). The molecule has 0 N–H and O–H groups in total. The van der Waals surface area contributed by atoms with Crippen LogP contribution in [-0.2, 0) is 19.7 Å². The molecule has 116 valence electrons. The van der Waals surface area contributed by atoms with E-state index < -0.39 is 8.80 Å². The number of hydrogen-bond donors (Lipinski definition) is 0. The summed E-state index contributed by atoms with van der Waals surface area (Å²) in [6, 6.07) is 10.5. The fourth-order valence-corrected chi connectivity index (χ4v) is 4.22. The van der Waals surface area contributed by atoms with Crippen molar-refractivity contribution in [3.8, 4) is 0 Å². The summed E-state index contributed by atoms with van der Waals surface area (Å²) in [5.41, 5.74) is 1.35. The summed E-state index contributed by atoms with van der Waals surface area (Å²) in [7, 11) is 6.84. The Bertz CT molecular complexity index is 364. The van der Waals surface area contributed by atoms with Crippen LogP contribution in [0.3, 0.4) is 0 Å². The van der Waals surface area contributed by atoms with Crippen LogP contribution in [0.2, 0.25) is 0 Å². The molecule has 0 spiro atoms. The normalized spacial score (nSPS) is 12.1. The van der Waals surface area contributed by atoms with E-state index in [9.17, 15) is 0 Å². The molecular weight excluding hydrogens is 294 g/mol. The van der Waals surface area contributed by atoms with Gasteiger partial charge in [0.25, 0.3) is 0 Å². The van der Waals surface area contributed by atoms with Gasteiger partial charge in [-0.25, -0.2) is 0 Å². The smallest absolute Gasteiger partial charge is 0.558 e. The lowest BCUT2D eigenvalue weighted by Crippen LogP contribution is -3.00. The molecule has 4 nitrogen and oxygen atoms in total. The summed E-state index contributed by atoms with van der Waals surface area (Å²) < 4.78 is 17.3. The summed E-state index contributed by atoms with van der Waals surface area (Å²) in [4.78, 5) is 0. The van der Waals surface area contributed by atoms with Gasteiger partial charge in [-0.05, 0) is 5.56 Å². The van der Waals surface area contributed by atoms with Gasteiger partial charge in [-0.15, -0.1) is 0 Å². The third-order valence-corrected chi connectivity index (χ3v) is 6.51. The zero-order valence-corrected chi connectivity index (χ0v) is 14.8. The van der Waals surface area contributed by atoms with E-state index in [1.54, 1.807) is 21.3 Å². The van der Waals surface area contributed by atoms with Crippen molar-refractivity contribution < 1.29 is 30.2 Å². The van der Waals surface area contributed by atoms with Crippen molar-refractivity contribution >= 4 is 8.80 Å². The van der Waals surface area contributed by atoms with Gasteiger partial charge in [0.2, 0.25) is 0 Å². The second-order valence-electron chi connectivity index (χ2n) is 5.35. The topological polar surface area (TPSA) is 27.7 Å².